The molecule has 1 aromatic heterocycles. The fourth-order valence-electron chi connectivity index (χ4n) is 2.68. The smallest absolute Gasteiger partial charge is 0.338 e. The lowest BCUT2D eigenvalue weighted by Crippen LogP contribution is -2.17. The molecule has 2 rings (SSSR count). The summed E-state index contributed by atoms with van der Waals surface area (Å²) in [7, 11) is 0. The number of hydrogen-bond acceptors (Lipinski definition) is 3. The highest BCUT2D eigenvalue weighted by Gasteiger charge is 2.17. The Kier molecular flexibility index (Phi) is 5.84. The topological polar surface area (TPSA) is 39.2 Å². The Labute approximate surface area is 125 Å². The average molecular weight is 296 g/mol. The minimum atomic E-state index is -0.280. The maximum Gasteiger partial charge on any atom is 0.338 e. The Morgan fingerprint density at radius 2 is 2.10 bits per heavy atom. The molecular formula is C16H22ClNO2. The van der Waals surface area contributed by atoms with Gasteiger partial charge in [0.25, 0.3) is 0 Å². The number of ether oxygens (including phenoxy) is 1. The molecule has 0 amide bonds. The number of nitrogens with zero attached hydrogens (tertiary/aromatic N) is 1. The number of halogens is 1. The van der Waals surface area contributed by atoms with Gasteiger partial charge in [0.15, 0.2) is 0 Å². The van der Waals surface area contributed by atoms with E-state index in [0.717, 1.165) is 18.5 Å². The van der Waals surface area contributed by atoms with Crippen molar-refractivity contribution in [2.45, 2.75) is 51.9 Å². The van der Waals surface area contributed by atoms with E-state index >= 15 is 0 Å². The fourth-order valence-corrected chi connectivity index (χ4v) is 2.91. The van der Waals surface area contributed by atoms with Gasteiger partial charge in [-0.1, -0.05) is 44.2 Å². The molecule has 110 valence electrons. The van der Waals surface area contributed by atoms with Crippen molar-refractivity contribution in [3.05, 3.63) is 28.5 Å². The standard InChI is InChI=1S/C16H22ClNO2/c1-2-6-14-9-13(10-15(17)18-14)16(19)20-11-12-7-4-3-5-8-12/h9-10,12H,2-8,11H2,1H3. The van der Waals surface area contributed by atoms with Crippen LogP contribution in [-0.2, 0) is 11.2 Å². The molecule has 1 aliphatic rings. The third kappa shape index (κ3) is 4.48. The highest BCUT2D eigenvalue weighted by Crippen LogP contribution is 2.24. The molecule has 0 saturated heterocycles. The van der Waals surface area contributed by atoms with Crippen LogP contribution in [0.2, 0.25) is 5.15 Å². The molecule has 0 atom stereocenters. The monoisotopic (exact) mass is 295 g/mol. The van der Waals surface area contributed by atoms with Crippen molar-refractivity contribution in [3.63, 3.8) is 0 Å². The van der Waals surface area contributed by atoms with E-state index in [1.807, 2.05) is 0 Å². The molecule has 1 fully saturated rings. The third-order valence-corrected chi connectivity index (χ3v) is 3.96. The van der Waals surface area contributed by atoms with Gasteiger partial charge in [-0.05, 0) is 37.3 Å². The Morgan fingerprint density at radius 1 is 1.35 bits per heavy atom. The quantitative estimate of drug-likeness (QED) is 0.596. The maximum atomic E-state index is 12.1. The molecule has 20 heavy (non-hydrogen) atoms. The van der Waals surface area contributed by atoms with Crippen LogP contribution < -0.4 is 0 Å². The zero-order valence-electron chi connectivity index (χ0n) is 12.0. The summed E-state index contributed by atoms with van der Waals surface area (Å²) in [5.41, 5.74) is 1.37. The summed E-state index contributed by atoms with van der Waals surface area (Å²) in [6.07, 6.45) is 7.96. The number of hydrogen-bond donors (Lipinski definition) is 0. The number of rotatable bonds is 5. The summed E-state index contributed by atoms with van der Waals surface area (Å²) in [4.78, 5) is 16.3. The number of pyridine rings is 1. The molecule has 1 aromatic rings. The molecule has 0 unspecified atom stereocenters. The van der Waals surface area contributed by atoms with Gasteiger partial charge in [0.2, 0.25) is 0 Å². The van der Waals surface area contributed by atoms with Crippen molar-refractivity contribution >= 4 is 17.6 Å². The highest BCUT2D eigenvalue weighted by molar-refractivity contribution is 6.29. The summed E-state index contributed by atoms with van der Waals surface area (Å²) in [6.45, 7) is 2.60. The van der Waals surface area contributed by atoms with E-state index < -0.39 is 0 Å². The van der Waals surface area contributed by atoms with E-state index in [2.05, 4.69) is 11.9 Å². The molecule has 0 bridgehead atoms. The summed E-state index contributed by atoms with van der Waals surface area (Å²) >= 11 is 5.96. The van der Waals surface area contributed by atoms with Crippen molar-refractivity contribution in [1.29, 1.82) is 0 Å². The molecule has 0 spiro atoms. The SMILES string of the molecule is CCCc1cc(C(=O)OCC2CCCCC2)cc(Cl)n1. The predicted octanol–water partition coefficient (Wildman–Crippen LogP) is 4.42. The fraction of sp³-hybridized carbons (Fsp3) is 0.625. The van der Waals surface area contributed by atoms with E-state index in [9.17, 15) is 4.79 Å². The van der Waals surface area contributed by atoms with Crippen molar-refractivity contribution in [2.24, 2.45) is 5.92 Å². The first-order chi connectivity index (χ1) is 9.69. The van der Waals surface area contributed by atoms with Gasteiger partial charge in [-0.25, -0.2) is 9.78 Å². The van der Waals surface area contributed by atoms with Gasteiger partial charge >= 0.3 is 5.97 Å². The van der Waals surface area contributed by atoms with E-state index in [1.165, 1.54) is 32.1 Å². The van der Waals surface area contributed by atoms with Crippen LogP contribution in [0.4, 0.5) is 0 Å². The van der Waals surface area contributed by atoms with Crippen LogP contribution >= 0.6 is 11.6 Å². The van der Waals surface area contributed by atoms with Crippen LogP contribution in [0.5, 0.6) is 0 Å². The molecule has 1 aliphatic carbocycles. The Bertz CT molecular complexity index is 456. The molecule has 0 aromatic carbocycles. The number of carbonyl (C=O) groups excluding carboxylic acids is 1. The number of aryl methyl sites for hydroxylation is 1. The second-order valence-electron chi connectivity index (χ2n) is 5.52. The Balaban J connectivity index is 1.93. The van der Waals surface area contributed by atoms with Crippen LogP contribution in [0.1, 0.15) is 61.5 Å². The zero-order valence-corrected chi connectivity index (χ0v) is 12.8. The maximum absolute atomic E-state index is 12.1. The van der Waals surface area contributed by atoms with Crippen LogP contribution in [0.3, 0.4) is 0 Å². The van der Waals surface area contributed by atoms with Crippen molar-refractivity contribution in [1.82, 2.24) is 4.98 Å². The van der Waals surface area contributed by atoms with Gasteiger partial charge in [0.1, 0.15) is 5.15 Å². The highest BCUT2D eigenvalue weighted by atomic mass is 35.5. The van der Waals surface area contributed by atoms with Crippen molar-refractivity contribution in [2.75, 3.05) is 6.61 Å². The molecule has 1 saturated carbocycles. The summed E-state index contributed by atoms with van der Waals surface area (Å²) in [5.74, 6) is 0.248. The molecule has 1 heterocycles. The summed E-state index contributed by atoms with van der Waals surface area (Å²) < 4.78 is 5.43. The van der Waals surface area contributed by atoms with Crippen LogP contribution in [0, 0.1) is 5.92 Å². The van der Waals surface area contributed by atoms with Crippen molar-refractivity contribution in [3.8, 4) is 0 Å². The average Bonchev–Trinajstić information content (AvgIpc) is 2.45. The lowest BCUT2D eigenvalue weighted by molar-refractivity contribution is 0.0410. The second kappa shape index (κ2) is 7.63. The van der Waals surface area contributed by atoms with E-state index in [0.29, 0.717) is 23.2 Å². The Hall–Kier alpha value is -1.09. The largest absolute Gasteiger partial charge is 0.462 e. The molecule has 0 aliphatic heterocycles. The van der Waals surface area contributed by atoms with Gasteiger partial charge in [-0.3, -0.25) is 0 Å². The zero-order chi connectivity index (χ0) is 14.4. The number of esters is 1. The third-order valence-electron chi connectivity index (χ3n) is 3.76. The molecule has 0 radical (unpaired) electrons. The first-order valence-corrected chi connectivity index (χ1v) is 7.90. The van der Waals surface area contributed by atoms with Crippen LogP contribution in [0.15, 0.2) is 12.1 Å². The van der Waals surface area contributed by atoms with E-state index in [-0.39, 0.29) is 5.97 Å². The van der Waals surface area contributed by atoms with Gasteiger partial charge in [-0.15, -0.1) is 0 Å². The second-order valence-corrected chi connectivity index (χ2v) is 5.91. The van der Waals surface area contributed by atoms with E-state index in [1.54, 1.807) is 12.1 Å². The lowest BCUT2D eigenvalue weighted by atomic mass is 9.90. The van der Waals surface area contributed by atoms with Gasteiger partial charge in [0, 0.05) is 5.69 Å². The lowest BCUT2D eigenvalue weighted by Gasteiger charge is -2.21. The van der Waals surface area contributed by atoms with Crippen LogP contribution in [-0.4, -0.2) is 17.6 Å². The Morgan fingerprint density at radius 3 is 2.80 bits per heavy atom. The number of aromatic nitrogens is 1. The summed E-state index contributed by atoms with van der Waals surface area (Å²) in [6, 6.07) is 3.38. The minimum absolute atomic E-state index is 0.280. The normalized spacial score (nSPS) is 16.1. The predicted molar refractivity (Wildman–Crippen MR) is 80.1 cm³/mol. The molecule has 0 N–H and O–H groups in total. The van der Waals surface area contributed by atoms with Gasteiger partial charge in [-0.2, -0.15) is 0 Å². The minimum Gasteiger partial charge on any atom is -0.462 e. The summed E-state index contributed by atoms with van der Waals surface area (Å²) in [5, 5.41) is 0.362. The first-order valence-electron chi connectivity index (χ1n) is 7.52. The van der Waals surface area contributed by atoms with Crippen LogP contribution in [0.25, 0.3) is 0 Å². The van der Waals surface area contributed by atoms with Gasteiger partial charge in [0.05, 0.1) is 12.2 Å². The molecule has 3 nitrogen and oxygen atoms in total. The molecule has 4 heteroatoms. The number of carbonyl (C=O) groups is 1. The molecular weight excluding hydrogens is 274 g/mol. The first kappa shape index (κ1) is 15.3. The van der Waals surface area contributed by atoms with E-state index in [4.69, 9.17) is 16.3 Å². The van der Waals surface area contributed by atoms with Crippen molar-refractivity contribution < 1.29 is 9.53 Å². The van der Waals surface area contributed by atoms with Gasteiger partial charge < -0.3 is 4.74 Å².